The summed E-state index contributed by atoms with van der Waals surface area (Å²) in [7, 11) is 1.28. The van der Waals surface area contributed by atoms with Crippen LogP contribution >= 0.6 is 12.4 Å². The van der Waals surface area contributed by atoms with Crippen LogP contribution in [0.1, 0.15) is 7.79 Å². The molecular formula is C6H12ClNO3. The lowest BCUT2D eigenvalue weighted by molar-refractivity contribution is -0.142. The summed E-state index contributed by atoms with van der Waals surface area (Å²) in [5, 5.41) is 11.8. The van der Waals surface area contributed by atoms with Crippen molar-refractivity contribution in [1.82, 2.24) is 5.32 Å². The van der Waals surface area contributed by atoms with Gasteiger partial charge >= 0.3 is 5.97 Å². The number of ether oxygens (including phenoxy) is 1. The Balaban J connectivity index is 0.00000121. The number of aliphatic hydroxyl groups is 1. The second-order valence-electron chi connectivity index (χ2n) is 2.23. The fourth-order valence-electron chi connectivity index (χ4n) is 0.930. The van der Waals surface area contributed by atoms with Crippen LogP contribution in [-0.4, -0.2) is 36.9 Å². The van der Waals surface area contributed by atoms with Crippen molar-refractivity contribution < 1.29 is 16.0 Å². The predicted octanol–water partition coefficient (Wildman–Crippen LogP) is -0.696. The molecule has 2 N–H and O–H groups in total. The number of hydrogen-bond donors (Lipinski definition) is 2. The molecule has 66 valence electrons. The maximum absolute atomic E-state index is 10.8. The van der Waals surface area contributed by atoms with E-state index in [-0.39, 0.29) is 25.4 Å². The van der Waals surface area contributed by atoms with E-state index in [2.05, 4.69) is 10.1 Å². The van der Waals surface area contributed by atoms with Crippen LogP contribution in [-0.2, 0) is 9.53 Å². The Morgan fingerprint density at radius 1 is 1.91 bits per heavy atom. The summed E-state index contributed by atoms with van der Waals surface area (Å²) in [6.07, 6.45) is -1.42. The highest BCUT2D eigenvalue weighted by molar-refractivity contribution is 5.85. The molecule has 0 aliphatic carbocycles. The molecule has 0 bridgehead atoms. The standard InChI is InChI=1S/C6H11NO3.ClH/c1-10-6(9)5-2-4(8)3-7-5;/h4-5,7-8H,2-3H2,1H3;1H/t4-,5+;/m1./s1/i4D;. The highest BCUT2D eigenvalue weighted by Gasteiger charge is 2.28. The molecule has 1 aliphatic rings. The molecule has 5 heteroatoms. The van der Waals surface area contributed by atoms with Crippen LogP contribution in [0.5, 0.6) is 0 Å². The molecule has 0 aromatic heterocycles. The maximum Gasteiger partial charge on any atom is 0.322 e. The van der Waals surface area contributed by atoms with Gasteiger partial charge < -0.3 is 15.2 Å². The summed E-state index contributed by atoms with van der Waals surface area (Å²) in [4.78, 5) is 10.8. The first kappa shape index (κ1) is 8.77. The van der Waals surface area contributed by atoms with Crippen LogP contribution < -0.4 is 5.32 Å². The van der Waals surface area contributed by atoms with Crippen LogP contribution in [0.25, 0.3) is 0 Å². The number of rotatable bonds is 1. The van der Waals surface area contributed by atoms with Crippen LogP contribution in [0.2, 0.25) is 0 Å². The Hall–Kier alpha value is -0.320. The average Bonchev–Trinajstić information content (AvgIpc) is 2.29. The molecule has 0 amide bonds. The zero-order chi connectivity index (χ0) is 8.48. The summed E-state index contributed by atoms with van der Waals surface area (Å²) in [5.41, 5.74) is 0. The van der Waals surface area contributed by atoms with Crippen molar-refractivity contribution >= 4 is 18.4 Å². The smallest absolute Gasteiger partial charge is 0.322 e. The predicted molar refractivity (Wildman–Crippen MR) is 41.7 cm³/mol. The fourth-order valence-corrected chi connectivity index (χ4v) is 0.930. The van der Waals surface area contributed by atoms with Gasteiger partial charge in [-0.3, -0.25) is 4.79 Å². The minimum absolute atomic E-state index is 0. The molecule has 0 aromatic carbocycles. The monoisotopic (exact) mass is 182 g/mol. The molecule has 2 atom stereocenters. The Bertz CT molecular complexity index is 176. The summed E-state index contributed by atoms with van der Waals surface area (Å²) in [5.74, 6) is -0.423. The molecular weight excluding hydrogens is 170 g/mol. The minimum atomic E-state index is -1.52. The zero-order valence-electron chi connectivity index (χ0n) is 7.16. The van der Waals surface area contributed by atoms with E-state index in [1.54, 1.807) is 0 Å². The highest BCUT2D eigenvalue weighted by Crippen LogP contribution is 2.06. The van der Waals surface area contributed by atoms with Gasteiger partial charge in [0.2, 0.25) is 0 Å². The Morgan fingerprint density at radius 3 is 2.91 bits per heavy atom. The van der Waals surface area contributed by atoms with Crippen molar-refractivity contribution in [3.63, 3.8) is 0 Å². The quantitative estimate of drug-likeness (QED) is 0.527. The van der Waals surface area contributed by atoms with Crippen LogP contribution in [0, 0.1) is 0 Å². The third-order valence-electron chi connectivity index (χ3n) is 1.48. The van der Waals surface area contributed by atoms with Gasteiger partial charge in [-0.1, -0.05) is 0 Å². The SMILES string of the molecule is Cl.[2H][C@]1(O)CN[C@H](C(=O)OC)C1. The van der Waals surface area contributed by atoms with Crippen LogP contribution in [0.4, 0.5) is 0 Å². The fraction of sp³-hybridized carbons (Fsp3) is 0.833. The topological polar surface area (TPSA) is 58.6 Å². The number of esters is 1. The number of β-amino-alcohol motifs (C(OH)–C–C–N with tert-alkyl or cyclic N) is 1. The van der Waals surface area contributed by atoms with E-state index in [1.165, 1.54) is 7.11 Å². The van der Waals surface area contributed by atoms with Crippen LogP contribution in [0.3, 0.4) is 0 Å². The summed E-state index contributed by atoms with van der Waals surface area (Å²) >= 11 is 0. The third-order valence-corrected chi connectivity index (χ3v) is 1.48. The van der Waals surface area contributed by atoms with E-state index in [9.17, 15) is 4.79 Å². The number of methoxy groups -OCH3 is 1. The molecule has 1 aliphatic heterocycles. The molecule has 0 spiro atoms. The summed E-state index contributed by atoms with van der Waals surface area (Å²) in [6, 6.07) is -0.525. The Kier molecular flexibility index (Phi) is 3.62. The van der Waals surface area contributed by atoms with Crippen molar-refractivity contribution in [1.29, 1.82) is 0 Å². The number of carbonyl (C=O) groups excluding carboxylic acids is 1. The molecule has 11 heavy (non-hydrogen) atoms. The first-order valence-corrected chi connectivity index (χ1v) is 3.09. The number of carbonyl (C=O) groups is 1. The molecule has 4 nitrogen and oxygen atoms in total. The molecule has 1 fully saturated rings. The van der Waals surface area contributed by atoms with Gasteiger partial charge in [0.15, 0.2) is 0 Å². The number of hydrogen-bond acceptors (Lipinski definition) is 4. The molecule has 0 radical (unpaired) electrons. The van der Waals surface area contributed by atoms with E-state index < -0.39 is 18.1 Å². The molecule has 0 aromatic rings. The van der Waals surface area contributed by atoms with Crippen molar-refractivity contribution in [3.05, 3.63) is 0 Å². The third kappa shape index (κ3) is 2.65. The lowest BCUT2D eigenvalue weighted by Gasteiger charge is -2.05. The van der Waals surface area contributed by atoms with Gasteiger partial charge in [-0.05, 0) is 0 Å². The Labute approximate surface area is 72.7 Å². The molecule has 1 rings (SSSR count). The van der Waals surface area contributed by atoms with Crippen molar-refractivity contribution in [2.75, 3.05) is 13.7 Å². The van der Waals surface area contributed by atoms with Crippen LogP contribution in [0.15, 0.2) is 0 Å². The summed E-state index contributed by atoms with van der Waals surface area (Å²) in [6.45, 7) is 0.118. The van der Waals surface area contributed by atoms with Crippen molar-refractivity contribution in [2.45, 2.75) is 18.5 Å². The number of halogens is 1. The second-order valence-corrected chi connectivity index (χ2v) is 2.23. The van der Waals surface area contributed by atoms with Gasteiger partial charge in [-0.25, -0.2) is 0 Å². The molecule has 0 unspecified atom stereocenters. The average molecular weight is 183 g/mol. The van der Waals surface area contributed by atoms with Gasteiger partial charge in [0.25, 0.3) is 0 Å². The van der Waals surface area contributed by atoms with Gasteiger partial charge in [0.05, 0.1) is 14.6 Å². The maximum atomic E-state index is 10.8. The molecule has 1 heterocycles. The lowest BCUT2D eigenvalue weighted by Crippen LogP contribution is -2.31. The zero-order valence-corrected chi connectivity index (χ0v) is 6.98. The van der Waals surface area contributed by atoms with E-state index in [1.807, 2.05) is 0 Å². The van der Waals surface area contributed by atoms with E-state index in [0.717, 1.165) is 0 Å². The van der Waals surface area contributed by atoms with E-state index in [4.69, 9.17) is 6.48 Å². The normalized spacial score (nSPS) is 37.3. The highest BCUT2D eigenvalue weighted by atomic mass is 35.5. The largest absolute Gasteiger partial charge is 0.468 e. The molecule has 1 saturated heterocycles. The van der Waals surface area contributed by atoms with Gasteiger partial charge in [-0.2, -0.15) is 0 Å². The summed E-state index contributed by atoms with van der Waals surface area (Å²) < 4.78 is 11.6. The minimum Gasteiger partial charge on any atom is -0.468 e. The first-order chi connectivity index (χ1) is 5.05. The van der Waals surface area contributed by atoms with Crippen molar-refractivity contribution in [2.24, 2.45) is 0 Å². The van der Waals surface area contributed by atoms with Gasteiger partial charge in [0.1, 0.15) is 6.04 Å². The second kappa shape index (κ2) is 4.54. The van der Waals surface area contributed by atoms with Crippen molar-refractivity contribution in [3.8, 4) is 0 Å². The molecule has 0 saturated carbocycles. The number of nitrogens with one attached hydrogen (secondary N) is 1. The van der Waals surface area contributed by atoms with E-state index in [0.29, 0.717) is 0 Å². The van der Waals surface area contributed by atoms with E-state index >= 15 is 0 Å². The van der Waals surface area contributed by atoms with Gasteiger partial charge in [0, 0.05) is 13.0 Å². The lowest BCUT2D eigenvalue weighted by atomic mass is 10.2. The Morgan fingerprint density at radius 2 is 2.55 bits per heavy atom. The first-order valence-electron chi connectivity index (χ1n) is 3.59. The van der Waals surface area contributed by atoms with Gasteiger partial charge in [-0.15, -0.1) is 12.4 Å².